The van der Waals surface area contributed by atoms with Crippen LogP contribution in [0.4, 0.5) is 20.2 Å². The smallest absolute Gasteiger partial charge is 0.288 e. The van der Waals surface area contributed by atoms with Gasteiger partial charge in [-0.15, -0.1) is 0 Å². The average Bonchev–Trinajstić information content (AvgIpc) is 3.39. The van der Waals surface area contributed by atoms with Crippen LogP contribution in [0.25, 0.3) is 0 Å². The van der Waals surface area contributed by atoms with Crippen LogP contribution in [0.15, 0.2) is 33.7 Å². The molecule has 0 atom stereocenters. The molecule has 1 aliphatic rings. The third-order valence-electron chi connectivity index (χ3n) is 4.00. The molecular formula is C17H16BrF2N3O2. The number of amides is 1. The topological polar surface area (TPSA) is 63.1 Å². The van der Waals surface area contributed by atoms with Gasteiger partial charge in [0, 0.05) is 24.3 Å². The van der Waals surface area contributed by atoms with Gasteiger partial charge in [-0.1, -0.05) is 15.9 Å². The molecule has 2 N–H and O–H groups in total. The Labute approximate surface area is 151 Å². The normalized spacial score (nSPS) is 13.6. The fourth-order valence-corrected chi connectivity index (χ4v) is 2.70. The van der Waals surface area contributed by atoms with Crippen LogP contribution in [0.1, 0.15) is 23.2 Å². The van der Waals surface area contributed by atoms with Gasteiger partial charge in [-0.3, -0.25) is 9.59 Å². The quantitative estimate of drug-likeness (QED) is 0.793. The van der Waals surface area contributed by atoms with Crippen molar-refractivity contribution in [1.29, 1.82) is 0 Å². The van der Waals surface area contributed by atoms with Gasteiger partial charge in [0.05, 0.1) is 16.9 Å². The Bertz CT molecular complexity index is 894. The molecular weight excluding hydrogens is 396 g/mol. The minimum atomic E-state index is -1.14. The fourth-order valence-electron chi connectivity index (χ4n) is 2.37. The van der Waals surface area contributed by atoms with E-state index in [1.54, 1.807) is 6.07 Å². The summed E-state index contributed by atoms with van der Waals surface area (Å²) in [7, 11) is 1.35. The molecule has 1 amide bonds. The molecule has 0 radical (unpaired) electrons. The van der Waals surface area contributed by atoms with Crippen molar-refractivity contribution < 1.29 is 13.6 Å². The molecule has 25 heavy (non-hydrogen) atoms. The molecule has 0 saturated heterocycles. The van der Waals surface area contributed by atoms with E-state index in [-0.39, 0.29) is 16.9 Å². The van der Waals surface area contributed by atoms with Crippen LogP contribution in [0.3, 0.4) is 0 Å². The van der Waals surface area contributed by atoms with Gasteiger partial charge in [-0.05, 0) is 37.0 Å². The Morgan fingerprint density at radius 1 is 1.36 bits per heavy atom. The van der Waals surface area contributed by atoms with Gasteiger partial charge in [0.15, 0.2) is 0 Å². The maximum absolute atomic E-state index is 14.5. The zero-order chi connectivity index (χ0) is 18.1. The summed E-state index contributed by atoms with van der Waals surface area (Å²) in [6, 6.07) is 4.16. The molecule has 0 unspecified atom stereocenters. The second-order valence-corrected chi connectivity index (χ2v) is 6.97. The zero-order valence-corrected chi connectivity index (χ0v) is 15.0. The number of benzene rings is 1. The Kier molecular flexibility index (Phi) is 4.89. The summed E-state index contributed by atoms with van der Waals surface area (Å²) in [5, 5.41) is 5.27. The van der Waals surface area contributed by atoms with E-state index in [1.165, 1.54) is 25.4 Å². The van der Waals surface area contributed by atoms with E-state index in [9.17, 15) is 18.4 Å². The van der Waals surface area contributed by atoms with Crippen molar-refractivity contribution in [2.45, 2.75) is 12.8 Å². The molecule has 3 rings (SSSR count). The number of hydrogen-bond donors (Lipinski definition) is 2. The lowest BCUT2D eigenvalue weighted by atomic mass is 10.2. The predicted molar refractivity (Wildman–Crippen MR) is 94.1 cm³/mol. The first-order valence-corrected chi connectivity index (χ1v) is 8.55. The largest absolute Gasteiger partial charge is 0.352 e. The number of halogens is 3. The number of rotatable bonds is 5. The number of nitrogens with one attached hydrogen (secondary N) is 2. The summed E-state index contributed by atoms with van der Waals surface area (Å²) < 4.78 is 30.0. The Morgan fingerprint density at radius 2 is 2.08 bits per heavy atom. The van der Waals surface area contributed by atoms with Gasteiger partial charge in [-0.25, -0.2) is 4.39 Å². The highest BCUT2D eigenvalue weighted by atomic mass is 79.9. The fraction of sp³-hybridized carbons (Fsp3) is 0.294. The summed E-state index contributed by atoms with van der Waals surface area (Å²) in [5.74, 6) is -1.84. The van der Waals surface area contributed by atoms with Crippen molar-refractivity contribution in [2.24, 2.45) is 13.0 Å². The van der Waals surface area contributed by atoms with Crippen LogP contribution in [0.2, 0.25) is 0 Å². The molecule has 1 heterocycles. The first-order valence-electron chi connectivity index (χ1n) is 7.76. The van der Waals surface area contributed by atoms with E-state index < -0.39 is 23.1 Å². The molecule has 1 aromatic carbocycles. The van der Waals surface area contributed by atoms with Crippen molar-refractivity contribution in [3.8, 4) is 0 Å². The highest BCUT2D eigenvalue weighted by Gasteiger charge is 2.25. The summed E-state index contributed by atoms with van der Waals surface area (Å²) in [4.78, 5) is 24.3. The standard InChI is InChI=1S/C17H16BrF2N3O2/c1-23-8-11(16(24)21-7-9-2-3-9)15(14(20)17(23)25)22-13-5-4-10(18)6-12(13)19/h4-6,8-9,22H,2-3,7H2,1H3,(H,21,24). The summed E-state index contributed by atoms with van der Waals surface area (Å²) in [6.45, 7) is 0.495. The highest BCUT2D eigenvalue weighted by molar-refractivity contribution is 9.10. The third-order valence-corrected chi connectivity index (χ3v) is 4.50. The van der Waals surface area contributed by atoms with E-state index in [4.69, 9.17) is 0 Å². The maximum atomic E-state index is 14.5. The van der Waals surface area contributed by atoms with Gasteiger partial charge < -0.3 is 15.2 Å². The number of aromatic nitrogens is 1. The van der Waals surface area contributed by atoms with E-state index in [0.29, 0.717) is 16.9 Å². The van der Waals surface area contributed by atoms with Gasteiger partial charge in [-0.2, -0.15) is 4.39 Å². The zero-order valence-electron chi connectivity index (χ0n) is 13.4. The predicted octanol–water partition coefficient (Wildman–Crippen LogP) is 3.31. The van der Waals surface area contributed by atoms with Crippen molar-refractivity contribution in [3.63, 3.8) is 0 Å². The van der Waals surface area contributed by atoms with Crippen LogP contribution in [-0.2, 0) is 7.05 Å². The van der Waals surface area contributed by atoms with Crippen LogP contribution < -0.4 is 16.2 Å². The molecule has 1 aromatic heterocycles. The van der Waals surface area contributed by atoms with Crippen LogP contribution in [0.5, 0.6) is 0 Å². The third kappa shape index (κ3) is 3.89. The van der Waals surface area contributed by atoms with Crippen LogP contribution >= 0.6 is 15.9 Å². The molecule has 1 fully saturated rings. The van der Waals surface area contributed by atoms with Crippen molar-refractivity contribution in [2.75, 3.05) is 11.9 Å². The monoisotopic (exact) mass is 411 g/mol. The first kappa shape index (κ1) is 17.6. The Balaban J connectivity index is 1.98. The second-order valence-electron chi connectivity index (χ2n) is 6.05. The van der Waals surface area contributed by atoms with Crippen molar-refractivity contribution in [1.82, 2.24) is 9.88 Å². The molecule has 0 aliphatic heterocycles. The molecule has 1 saturated carbocycles. The highest BCUT2D eigenvalue weighted by Crippen LogP contribution is 2.29. The summed E-state index contributed by atoms with van der Waals surface area (Å²) >= 11 is 3.14. The summed E-state index contributed by atoms with van der Waals surface area (Å²) in [5.41, 5.74) is -1.33. The van der Waals surface area contributed by atoms with Crippen LogP contribution in [-0.4, -0.2) is 17.0 Å². The molecule has 8 heteroatoms. The molecule has 2 aromatic rings. The Hall–Kier alpha value is -2.22. The number of aryl methyl sites for hydroxylation is 1. The number of nitrogens with zero attached hydrogens (tertiary/aromatic N) is 1. The van der Waals surface area contributed by atoms with Gasteiger partial charge in [0.2, 0.25) is 5.82 Å². The van der Waals surface area contributed by atoms with Crippen molar-refractivity contribution in [3.05, 3.63) is 56.4 Å². The average molecular weight is 412 g/mol. The van der Waals surface area contributed by atoms with E-state index >= 15 is 0 Å². The molecule has 5 nitrogen and oxygen atoms in total. The number of pyridine rings is 1. The number of carbonyl (C=O) groups excluding carboxylic acids is 1. The van der Waals surface area contributed by atoms with Gasteiger partial charge in [0.25, 0.3) is 11.5 Å². The number of anilines is 2. The number of carbonyl (C=O) groups is 1. The maximum Gasteiger partial charge on any atom is 0.288 e. The molecule has 1 aliphatic carbocycles. The van der Waals surface area contributed by atoms with E-state index in [1.807, 2.05) is 0 Å². The lowest BCUT2D eigenvalue weighted by Gasteiger charge is -2.15. The molecule has 132 valence electrons. The summed E-state index contributed by atoms with van der Waals surface area (Å²) in [6.07, 6.45) is 3.35. The lowest BCUT2D eigenvalue weighted by molar-refractivity contribution is 0.0951. The van der Waals surface area contributed by atoms with Gasteiger partial charge in [0.1, 0.15) is 5.82 Å². The molecule has 0 spiro atoms. The SMILES string of the molecule is Cn1cc(C(=O)NCC2CC2)c(Nc2ccc(Br)cc2F)c(F)c1=O. The van der Waals surface area contributed by atoms with E-state index in [2.05, 4.69) is 26.6 Å². The van der Waals surface area contributed by atoms with E-state index in [0.717, 1.165) is 17.4 Å². The first-order chi connectivity index (χ1) is 11.9. The minimum absolute atomic E-state index is 0.0356. The van der Waals surface area contributed by atoms with Crippen molar-refractivity contribution >= 4 is 33.2 Å². The minimum Gasteiger partial charge on any atom is -0.352 e. The Morgan fingerprint density at radius 3 is 2.72 bits per heavy atom. The van der Waals surface area contributed by atoms with Gasteiger partial charge >= 0.3 is 0 Å². The number of hydrogen-bond acceptors (Lipinski definition) is 3. The van der Waals surface area contributed by atoms with Crippen LogP contribution in [0, 0.1) is 17.6 Å². The molecule has 0 bridgehead atoms. The second kappa shape index (κ2) is 6.95. The lowest BCUT2D eigenvalue weighted by Crippen LogP contribution is -2.30.